The van der Waals surface area contributed by atoms with E-state index >= 15 is 0 Å². The lowest BCUT2D eigenvalue weighted by molar-refractivity contribution is -0.247. The molecule has 0 spiro atoms. The summed E-state index contributed by atoms with van der Waals surface area (Å²) in [5.74, 6) is -0.720. The zero-order valence-electron chi connectivity index (χ0n) is 29.5. The molecule has 0 saturated carbocycles. The lowest BCUT2D eigenvalue weighted by Gasteiger charge is -2.36. The molecule has 0 bridgehead atoms. The number of amides is 2. The third-order valence-electron chi connectivity index (χ3n) is 8.66. The molecule has 278 valence electrons. The highest BCUT2D eigenvalue weighted by atomic mass is 19.4. The second kappa shape index (κ2) is 16.0. The predicted octanol–water partition coefficient (Wildman–Crippen LogP) is 7.54. The largest absolute Gasteiger partial charge is 0.530 e. The topological polar surface area (TPSA) is 105 Å². The van der Waals surface area contributed by atoms with E-state index in [2.05, 4.69) is 20.2 Å². The first-order valence-electron chi connectivity index (χ1n) is 16.4. The Morgan fingerprint density at radius 1 is 0.827 bits per heavy atom. The minimum atomic E-state index is -5.18. The van der Waals surface area contributed by atoms with Gasteiger partial charge in [-0.3, -0.25) is 4.79 Å². The Balaban J connectivity index is 1.76. The van der Waals surface area contributed by atoms with Crippen molar-refractivity contribution < 1.29 is 41.0 Å². The first-order chi connectivity index (χ1) is 24.3. The molecule has 15 heteroatoms. The molecular formula is C37H39F6N6O3-. The highest BCUT2D eigenvalue weighted by molar-refractivity contribution is 5.94. The number of carbonyl (C=O) groups is 2. The fourth-order valence-corrected chi connectivity index (χ4v) is 6.06. The number of carboxylic acid groups (broad SMARTS) is 1. The summed E-state index contributed by atoms with van der Waals surface area (Å²) in [7, 11) is 1.70. The van der Waals surface area contributed by atoms with Crippen LogP contribution in [0.3, 0.4) is 0 Å². The van der Waals surface area contributed by atoms with Crippen LogP contribution < -0.4 is 15.3 Å². The molecule has 1 atom stereocenters. The van der Waals surface area contributed by atoms with Crippen molar-refractivity contribution >= 4 is 29.5 Å². The number of likely N-dealkylation sites (N-methyl/N-ethyl adjacent to an activating group) is 2. The van der Waals surface area contributed by atoms with Gasteiger partial charge >= 0.3 is 12.4 Å². The van der Waals surface area contributed by atoms with Crippen molar-refractivity contribution in [1.82, 2.24) is 19.8 Å². The number of aromatic nitrogens is 2. The van der Waals surface area contributed by atoms with Crippen LogP contribution in [0.1, 0.15) is 69.2 Å². The third kappa shape index (κ3) is 9.37. The molecule has 1 unspecified atom stereocenters. The van der Waals surface area contributed by atoms with Crippen molar-refractivity contribution in [2.45, 2.75) is 53.0 Å². The first kappa shape index (κ1) is 39.6. The van der Waals surface area contributed by atoms with Crippen LogP contribution in [0, 0.1) is 20.8 Å². The van der Waals surface area contributed by atoms with Gasteiger partial charge in [-0.2, -0.15) is 31.3 Å². The smallest absolute Gasteiger partial charge is 0.416 e. The Bertz CT molecular complexity index is 1840. The van der Waals surface area contributed by atoms with Crippen molar-refractivity contribution in [3.63, 3.8) is 0 Å². The summed E-state index contributed by atoms with van der Waals surface area (Å²) in [6, 6.07) is 10.0. The standard InChI is InChI=1S/C37H40F6N6O3/c1-7-48(8-2)16-15-47(6)33(50)25-9-11-29(12-10-25)45-34-44-14-13-30(46-34)49(35(51)52)32(31-23(4)17-22(3)18-24(31)5)26-19-27(36(38,39)40)21-28(20-26)37(41,42)43/h9-14,17-21,32H,7-8,15-16H2,1-6H3,(H,51,52)(H,44,45,46)/p-1. The van der Waals surface area contributed by atoms with Crippen LogP contribution in [-0.4, -0.2) is 65.0 Å². The van der Waals surface area contributed by atoms with E-state index in [-0.39, 0.29) is 29.3 Å². The van der Waals surface area contributed by atoms with Gasteiger partial charge in [-0.05, 0) is 105 Å². The number of alkyl halides is 6. The number of nitrogens with one attached hydrogen (secondary N) is 1. The summed E-state index contributed by atoms with van der Waals surface area (Å²) in [4.78, 5) is 38.6. The summed E-state index contributed by atoms with van der Waals surface area (Å²) in [5.41, 5.74) is -1.26. The normalized spacial score (nSPS) is 12.5. The SMILES string of the molecule is CCN(CC)CCN(C)C(=O)c1ccc(Nc2nccc(N(C(=O)[O-])C(c3cc(C(F)(F)F)cc(C(F)(F)F)c3)c3c(C)cc(C)cc3C)n2)cc1. The van der Waals surface area contributed by atoms with Crippen LogP contribution in [0.5, 0.6) is 0 Å². The lowest BCUT2D eigenvalue weighted by Crippen LogP contribution is -2.45. The molecule has 0 radical (unpaired) electrons. The van der Waals surface area contributed by atoms with E-state index in [1.54, 1.807) is 69.1 Å². The Morgan fingerprint density at radius 3 is 1.88 bits per heavy atom. The molecule has 0 aliphatic carbocycles. The fourth-order valence-electron chi connectivity index (χ4n) is 6.06. The van der Waals surface area contributed by atoms with E-state index in [1.807, 2.05) is 13.8 Å². The Labute approximate surface area is 297 Å². The Hall–Kier alpha value is -5.18. The molecule has 4 rings (SSSR count). The number of benzene rings is 3. The fraction of sp³-hybridized carbons (Fsp3) is 0.351. The third-order valence-corrected chi connectivity index (χ3v) is 8.66. The maximum atomic E-state index is 14.0. The van der Waals surface area contributed by atoms with Gasteiger partial charge in [0, 0.05) is 37.6 Å². The molecular weight excluding hydrogens is 690 g/mol. The number of rotatable bonds is 12. The summed E-state index contributed by atoms with van der Waals surface area (Å²) < 4.78 is 84.0. The van der Waals surface area contributed by atoms with Gasteiger partial charge in [0.05, 0.1) is 17.2 Å². The van der Waals surface area contributed by atoms with Crippen LogP contribution in [0.25, 0.3) is 0 Å². The molecule has 52 heavy (non-hydrogen) atoms. The van der Waals surface area contributed by atoms with Crippen molar-refractivity contribution in [3.8, 4) is 0 Å². The highest BCUT2D eigenvalue weighted by Gasteiger charge is 2.39. The lowest BCUT2D eigenvalue weighted by atomic mass is 9.87. The van der Waals surface area contributed by atoms with E-state index in [4.69, 9.17) is 0 Å². The number of nitrogens with zero attached hydrogens (tertiary/aromatic N) is 5. The molecule has 0 aliphatic heterocycles. The number of anilines is 3. The van der Waals surface area contributed by atoms with Crippen LogP contribution in [0.4, 0.5) is 48.6 Å². The minimum Gasteiger partial charge on any atom is -0.530 e. The molecule has 9 nitrogen and oxygen atoms in total. The van der Waals surface area contributed by atoms with Gasteiger partial charge < -0.3 is 29.9 Å². The second-order valence-corrected chi connectivity index (χ2v) is 12.4. The van der Waals surface area contributed by atoms with Gasteiger partial charge in [0.1, 0.15) is 11.9 Å². The van der Waals surface area contributed by atoms with Crippen LogP contribution in [0.15, 0.2) is 66.9 Å². The maximum Gasteiger partial charge on any atom is 0.416 e. The van der Waals surface area contributed by atoms with Crippen LogP contribution >= 0.6 is 0 Å². The van der Waals surface area contributed by atoms with Gasteiger partial charge in [0.2, 0.25) is 5.95 Å². The van der Waals surface area contributed by atoms with E-state index in [9.17, 15) is 41.0 Å². The number of carbonyl (C=O) groups excluding carboxylic acids is 2. The Kier molecular flexibility index (Phi) is 12.2. The van der Waals surface area contributed by atoms with Gasteiger partial charge in [-0.15, -0.1) is 0 Å². The molecule has 3 aromatic carbocycles. The summed E-state index contributed by atoms with van der Waals surface area (Å²) in [6.45, 7) is 12.0. The minimum absolute atomic E-state index is 0.0192. The molecule has 2 amide bonds. The average Bonchev–Trinajstić information content (AvgIpc) is 3.06. The zero-order chi connectivity index (χ0) is 38.5. The Morgan fingerprint density at radius 2 is 1.38 bits per heavy atom. The number of halogens is 6. The number of hydrogen-bond donors (Lipinski definition) is 1. The van der Waals surface area contributed by atoms with E-state index in [0.29, 0.717) is 52.5 Å². The predicted molar refractivity (Wildman–Crippen MR) is 183 cm³/mol. The highest BCUT2D eigenvalue weighted by Crippen LogP contribution is 2.42. The number of hydrogen-bond acceptors (Lipinski definition) is 7. The van der Waals surface area contributed by atoms with Gasteiger partial charge in [-0.1, -0.05) is 31.5 Å². The molecule has 4 aromatic rings. The molecule has 1 aromatic heterocycles. The molecule has 1 N–H and O–H groups in total. The monoisotopic (exact) mass is 729 g/mol. The van der Waals surface area contributed by atoms with E-state index in [0.717, 1.165) is 24.7 Å². The van der Waals surface area contributed by atoms with Crippen LogP contribution in [-0.2, 0) is 12.4 Å². The second-order valence-electron chi connectivity index (χ2n) is 12.4. The van der Waals surface area contributed by atoms with Crippen molar-refractivity contribution in [2.24, 2.45) is 0 Å². The molecule has 0 fully saturated rings. The number of aryl methyl sites for hydroxylation is 3. The summed E-state index contributed by atoms with van der Waals surface area (Å²) in [5, 5.41) is 15.8. The van der Waals surface area contributed by atoms with E-state index in [1.165, 1.54) is 6.20 Å². The molecule has 0 saturated heterocycles. The first-order valence-corrected chi connectivity index (χ1v) is 16.4. The summed E-state index contributed by atoms with van der Waals surface area (Å²) in [6.07, 6.45) is -11.1. The van der Waals surface area contributed by atoms with E-state index < -0.39 is 41.2 Å². The van der Waals surface area contributed by atoms with Crippen molar-refractivity contribution in [1.29, 1.82) is 0 Å². The zero-order valence-corrected chi connectivity index (χ0v) is 29.5. The van der Waals surface area contributed by atoms with Gasteiger partial charge in [0.15, 0.2) is 0 Å². The maximum absolute atomic E-state index is 14.0. The van der Waals surface area contributed by atoms with Gasteiger partial charge in [0.25, 0.3) is 5.91 Å². The van der Waals surface area contributed by atoms with Crippen molar-refractivity contribution in [3.05, 3.63) is 111 Å². The quantitative estimate of drug-likeness (QED) is 0.150. The van der Waals surface area contributed by atoms with Crippen molar-refractivity contribution in [2.75, 3.05) is 43.4 Å². The van der Waals surface area contributed by atoms with Crippen LogP contribution in [0.2, 0.25) is 0 Å². The average molecular weight is 730 g/mol. The summed E-state index contributed by atoms with van der Waals surface area (Å²) >= 11 is 0. The molecule has 0 aliphatic rings. The van der Waals surface area contributed by atoms with Gasteiger partial charge in [-0.25, -0.2) is 4.98 Å². The molecule has 1 heterocycles.